The molecule has 1 N–H and O–H groups in total. The van der Waals surface area contributed by atoms with Gasteiger partial charge in [-0.05, 0) is 18.2 Å². The van der Waals surface area contributed by atoms with Crippen LogP contribution in [0.4, 0.5) is 5.69 Å². The van der Waals surface area contributed by atoms with Crippen molar-refractivity contribution in [3.63, 3.8) is 0 Å². The molecule has 0 aliphatic carbocycles. The van der Waals surface area contributed by atoms with E-state index in [9.17, 15) is 10.1 Å². The molecule has 1 aromatic carbocycles. The molecule has 0 aliphatic heterocycles. The highest BCUT2D eigenvalue weighted by atomic mass is 35.5. The van der Waals surface area contributed by atoms with Gasteiger partial charge in [0.15, 0.2) is 0 Å². The van der Waals surface area contributed by atoms with Crippen molar-refractivity contribution >= 4 is 17.3 Å². The van der Waals surface area contributed by atoms with Gasteiger partial charge in [-0.25, -0.2) is 0 Å². The minimum absolute atomic E-state index is 0.0796. The molecule has 19 heavy (non-hydrogen) atoms. The number of nitro groups is 1. The van der Waals surface area contributed by atoms with E-state index in [1.165, 1.54) is 12.1 Å². The molecular weight excluding hydrogens is 268 g/mol. The van der Waals surface area contributed by atoms with Gasteiger partial charge in [0.1, 0.15) is 0 Å². The monoisotopic (exact) mass is 280 g/mol. The van der Waals surface area contributed by atoms with E-state index in [-0.39, 0.29) is 5.69 Å². The van der Waals surface area contributed by atoms with E-state index in [2.05, 4.69) is 10.4 Å². The molecule has 7 heteroatoms. The summed E-state index contributed by atoms with van der Waals surface area (Å²) in [4.78, 5) is 10.5. The molecule has 2 rings (SSSR count). The Morgan fingerprint density at radius 3 is 3.00 bits per heavy atom. The molecule has 100 valence electrons. The van der Waals surface area contributed by atoms with Crippen LogP contribution in [0.15, 0.2) is 36.7 Å². The number of benzene rings is 1. The van der Waals surface area contributed by atoms with Crippen LogP contribution in [0.2, 0.25) is 5.02 Å². The number of aromatic nitrogens is 2. The first kappa shape index (κ1) is 13.5. The SMILES string of the molecule is O=[N+]([O-])c1ccc(Cl)cc1CNCCn1cccn1. The molecule has 6 nitrogen and oxygen atoms in total. The summed E-state index contributed by atoms with van der Waals surface area (Å²) in [6, 6.07) is 6.40. The predicted molar refractivity (Wildman–Crippen MR) is 72.0 cm³/mol. The molecule has 0 radical (unpaired) electrons. The lowest BCUT2D eigenvalue weighted by molar-refractivity contribution is -0.385. The van der Waals surface area contributed by atoms with Crippen LogP contribution in [0.1, 0.15) is 5.56 Å². The largest absolute Gasteiger partial charge is 0.311 e. The Labute approximate surface area is 115 Å². The van der Waals surface area contributed by atoms with Gasteiger partial charge in [0.2, 0.25) is 0 Å². The van der Waals surface area contributed by atoms with E-state index in [4.69, 9.17) is 11.6 Å². The Bertz CT molecular complexity index is 557. The fraction of sp³-hybridized carbons (Fsp3) is 0.250. The van der Waals surface area contributed by atoms with Crippen LogP contribution in [-0.4, -0.2) is 21.2 Å². The third-order valence-corrected chi connectivity index (χ3v) is 2.87. The van der Waals surface area contributed by atoms with Crippen molar-refractivity contribution < 1.29 is 4.92 Å². The summed E-state index contributed by atoms with van der Waals surface area (Å²) in [6.07, 6.45) is 3.57. The Morgan fingerprint density at radius 1 is 1.47 bits per heavy atom. The molecule has 1 heterocycles. The van der Waals surface area contributed by atoms with Gasteiger partial charge in [-0.2, -0.15) is 5.10 Å². The third-order valence-electron chi connectivity index (χ3n) is 2.63. The van der Waals surface area contributed by atoms with Crippen molar-refractivity contribution in [2.45, 2.75) is 13.1 Å². The Balaban J connectivity index is 1.91. The van der Waals surface area contributed by atoms with Crippen LogP contribution < -0.4 is 5.32 Å². The summed E-state index contributed by atoms with van der Waals surface area (Å²) in [7, 11) is 0. The van der Waals surface area contributed by atoms with Gasteiger partial charge in [0, 0.05) is 42.1 Å². The van der Waals surface area contributed by atoms with Crippen LogP contribution in [0, 0.1) is 10.1 Å². The first-order valence-electron chi connectivity index (χ1n) is 5.78. The van der Waals surface area contributed by atoms with E-state index >= 15 is 0 Å². The van der Waals surface area contributed by atoms with Gasteiger partial charge in [-0.3, -0.25) is 14.8 Å². The number of rotatable bonds is 6. The Hall–Kier alpha value is -1.92. The highest BCUT2D eigenvalue weighted by Crippen LogP contribution is 2.22. The van der Waals surface area contributed by atoms with Crippen molar-refractivity contribution in [1.82, 2.24) is 15.1 Å². The normalized spacial score (nSPS) is 10.6. The molecule has 0 saturated carbocycles. The molecule has 0 amide bonds. The first-order valence-corrected chi connectivity index (χ1v) is 6.15. The van der Waals surface area contributed by atoms with Crippen LogP contribution in [0.5, 0.6) is 0 Å². The number of nitro benzene ring substituents is 1. The molecule has 1 aromatic heterocycles. The number of nitrogens with zero attached hydrogens (tertiary/aromatic N) is 3. The van der Waals surface area contributed by atoms with Crippen molar-refractivity contribution in [3.8, 4) is 0 Å². The number of hydrogen-bond donors (Lipinski definition) is 1. The second-order valence-corrected chi connectivity index (χ2v) is 4.41. The fourth-order valence-corrected chi connectivity index (χ4v) is 1.92. The highest BCUT2D eigenvalue weighted by Gasteiger charge is 2.13. The summed E-state index contributed by atoms with van der Waals surface area (Å²) < 4.78 is 1.79. The van der Waals surface area contributed by atoms with Gasteiger partial charge < -0.3 is 5.32 Å². The molecule has 0 unspecified atom stereocenters. The number of halogens is 1. The summed E-state index contributed by atoms with van der Waals surface area (Å²) >= 11 is 5.85. The summed E-state index contributed by atoms with van der Waals surface area (Å²) in [6.45, 7) is 1.78. The van der Waals surface area contributed by atoms with E-state index in [0.29, 0.717) is 30.2 Å². The molecule has 0 atom stereocenters. The summed E-state index contributed by atoms with van der Waals surface area (Å²) in [5.41, 5.74) is 0.661. The van der Waals surface area contributed by atoms with E-state index in [0.717, 1.165) is 0 Å². The van der Waals surface area contributed by atoms with Crippen LogP contribution >= 0.6 is 11.6 Å². The molecule has 2 aromatic rings. The second-order valence-electron chi connectivity index (χ2n) is 3.98. The van der Waals surface area contributed by atoms with Gasteiger partial charge >= 0.3 is 0 Å². The van der Waals surface area contributed by atoms with Crippen molar-refractivity contribution in [2.24, 2.45) is 0 Å². The van der Waals surface area contributed by atoms with Crippen molar-refractivity contribution in [3.05, 3.63) is 57.4 Å². The van der Waals surface area contributed by atoms with Crippen molar-refractivity contribution in [1.29, 1.82) is 0 Å². The zero-order chi connectivity index (χ0) is 13.7. The predicted octanol–water partition coefficient (Wildman–Crippen LogP) is 2.23. The minimum atomic E-state index is -0.402. The van der Waals surface area contributed by atoms with E-state index in [1.807, 2.05) is 12.3 Å². The maximum Gasteiger partial charge on any atom is 0.273 e. The van der Waals surface area contributed by atoms with Gasteiger partial charge in [-0.15, -0.1) is 0 Å². The van der Waals surface area contributed by atoms with Crippen LogP contribution in [0.25, 0.3) is 0 Å². The smallest absolute Gasteiger partial charge is 0.273 e. The maximum atomic E-state index is 10.9. The third kappa shape index (κ3) is 3.77. The Morgan fingerprint density at radius 2 is 2.32 bits per heavy atom. The summed E-state index contributed by atoms with van der Waals surface area (Å²) in [5, 5.41) is 18.6. The topological polar surface area (TPSA) is 73.0 Å². The van der Waals surface area contributed by atoms with Crippen LogP contribution in [0.3, 0.4) is 0 Å². The van der Waals surface area contributed by atoms with E-state index in [1.54, 1.807) is 16.9 Å². The standard InChI is InChI=1S/C12H13ClN4O2/c13-11-2-3-12(17(18)19)10(8-11)9-14-5-7-16-6-1-4-15-16/h1-4,6,8,14H,5,7,9H2. The maximum absolute atomic E-state index is 10.9. The lowest BCUT2D eigenvalue weighted by Gasteiger charge is -2.06. The molecule has 0 bridgehead atoms. The average Bonchev–Trinajstić information content (AvgIpc) is 2.87. The van der Waals surface area contributed by atoms with Crippen LogP contribution in [-0.2, 0) is 13.1 Å². The van der Waals surface area contributed by atoms with Gasteiger partial charge in [-0.1, -0.05) is 11.6 Å². The molecule has 0 saturated heterocycles. The number of nitrogens with one attached hydrogen (secondary N) is 1. The number of hydrogen-bond acceptors (Lipinski definition) is 4. The molecule has 0 aliphatic rings. The second kappa shape index (κ2) is 6.31. The Kier molecular flexibility index (Phi) is 4.48. The lowest BCUT2D eigenvalue weighted by atomic mass is 10.2. The van der Waals surface area contributed by atoms with Gasteiger partial charge in [0.05, 0.1) is 11.5 Å². The summed E-state index contributed by atoms with van der Waals surface area (Å²) in [5.74, 6) is 0. The highest BCUT2D eigenvalue weighted by molar-refractivity contribution is 6.30. The minimum Gasteiger partial charge on any atom is -0.311 e. The quantitative estimate of drug-likeness (QED) is 0.500. The molecule has 0 fully saturated rings. The zero-order valence-corrected chi connectivity index (χ0v) is 10.9. The fourth-order valence-electron chi connectivity index (χ4n) is 1.72. The molecular formula is C12H13ClN4O2. The van der Waals surface area contributed by atoms with Crippen molar-refractivity contribution in [2.75, 3.05) is 6.54 Å². The lowest BCUT2D eigenvalue weighted by Crippen LogP contribution is -2.20. The average molecular weight is 281 g/mol. The van der Waals surface area contributed by atoms with Gasteiger partial charge in [0.25, 0.3) is 5.69 Å². The molecule has 0 spiro atoms. The zero-order valence-electron chi connectivity index (χ0n) is 10.1. The first-order chi connectivity index (χ1) is 9.16. The van der Waals surface area contributed by atoms with E-state index < -0.39 is 4.92 Å².